The number of fused-ring (bicyclic) bond motifs is 19. The molecule has 0 aliphatic carbocycles. The van der Waals surface area contributed by atoms with E-state index in [2.05, 4.69) is 261 Å². The van der Waals surface area contributed by atoms with Gasteiger partial charge < -0.3 is 9.13 Å². The highest BCUT2D eigenvalue weighted by Gasteiger charge is 2.27. The second kappa shape index (κ2) is 15.7. The number of imidazole rings is 2. The summed E-state index contributed by atoms with van der Waals surface area (Å²) in [7, 11) is 0. The molecule has 8 heteroatoms. The molecule has 20 rings (SSSR count). The van der Waals surface area contributed by atoms with Crippen molar-refractivity contribution in [3.63, 3.8) is 0 Å². The minimum Gasteiger partial charge on any atom is -0.309 e. The lowest BCUT2D eigenvalue weighted by Gasteiger charge is -2.13. The Labute approximate surface area is 474 Å². The fourth-order valence-electron chi connectivity index (χ4n) is 14.5. The molecule has 82 heavy (non-hydrogen) atoms. The number of pyridine rings is 2. The van der Waals surface area contributed by atoms with Crippen LogP contribution in [0.3, 0.4) is 0 Å². The number of hydrogen-bond donors (Lipinski definition) is 0. The van der Waals surface area contributed by atoms with Crippen LogP contribution in [0.1, 0.15) is 0 Å². The Kier molecular flexibility index (Phi) is 8.33. The number of hydrogen-bond acceptors (Lipinski definition) is 4. The molecule has 0 bridgehead atoms. The first kappa shape index (κ1) is 43.5. The number of aromatic nitrogens is 6. The van der Waals surface area contributed by atoms with Gasteiger partial charge in [-0.3, -0.25) is 8.80 Å². The van der Waals surface area contributed by atoms with Crippen molar-refractivity contribution in [1.29, 1.82) is 0 Å². The normalized spacial score (nSPS) is 12.6. The molecule has 10 aromatic carbocycles. The van der Waals surface area contributed by atoms with Crippen molar-refractivity contribution >= 4 is 162 Å². The van der Waals surface area contributed by atoms with Gasteiger partial charge in [0, 0.05) is 111 Å². The van der Waals surface area contributed by atoms with Crippen LogP contribution in [-0.2, 0) is 0 Å². The van der Waals surface area contributed by atoms with E-state index in [0.29, 0.717) is 0 Å². The van der Waals surface area contributed by atoms with Crippen LogP contribution in [0.4, 0.5) is 0 Å². The Bertz CT molecular complexity index is 6140. The number of para-hydroxylation sites is 2. The van der Waals surface area contributed by atoms with E-state index in [9.17, 15) is 0 Å². The van der Waals surface area contributed by atoms with Gasteiger partial charge in [-0.2, -0.15) is 0 Å². The van der Waals surface area contributed by atoms with Gasteiger partial charge in [-0.25, -0.2) is 9.97 Å². The minimum atomic E-state index is 0.940. The van der Waals surface area contributed by atoms with Gasteiger partial charge in [0.15, 0.2) is 0 Å². The van der Waals surface area contributed by atoms with Crippen LogP contribution in [0, 0.1) is 0 Å². The first-order valence-electron chi connectivity index (χ1n) is 27.9. The first-order valence-corrected chi connectivity index (χ1v) is 29.5. The molecule has 0 spiro atoms. The monoisotopic (exact) mass is 1080 g/mol. The highest BCUT2D eigenvalue weighted by Crippen LogP contribution is 2.51. The smallest absolute Gasteiger partial charge is 0.138 e. The van der Waals surface area contributed by atoms with Crippen LogP contribution in [0.15, 0.2) is 243 Å². The summed E-state index contributed by atoms with van der Waals surface area (Å²) in [5.41, 5.74) is 20.2. The maximum atomic E-state index is 5.59. The second-order valence-electron chi connectivity index (χ2n) is 22.0. The van der Waals surface area contributed by atoms with Gasteiger partial charge in [-0.15, -0.1) is 22.7 Å². The van der Waals surface area contributed by atoms with Crippen molar-refractivity contribution in [1.82, 2.24) is 27.9 Å². The molecule has 0 saturated carbocycles. The topological polar surface area (TPSA) is 44.5 Å². The van der Waals surface area contributed by atoms with E-state index in [-0.39, 0.29) is 0 Å². The summed E-state index contributed by atoms with van der Waals surface area (Å²) in [5.74, 6) is 0. The van der Waals surface area contributed by atoms with E-state index in [0.717, 1.165) is 72.8 Å². The molecule has 378 valence electrons. The van der Waals surface area contributed by atoms with Gasteiger partial charge in [0.2, 0.25) is 0 Å². The van der Waals surface area contributed by atoms with Crippen LogP contribution in [0.2, 0.25) is 0 Å². The second-order valence-corrected chi connectivity index (χ2v) is 24.1. The largest absolute Gasteiger partial charge is 0.309 e. The molecule has 0 unspecified atom stereocenters. The fraction of sp³-hybridized carbons (Fsp3) is 0. The zero-order valence-electron chi connectivity index (χ0n) is 43.6. The third-order valence-corrected chi connectivity index (χ3v) is 20.2. The summed E-state index contributed by atoms with van der Waals surface area (Å²) in [6.45, 7) is 0. The summed E-state index contributed by atoms with van der Waals surface area (Å²) >= 11 is 3.77. The average Bonchev–Trinajstić information content (AvgIpc) is 4.58. The summed E-state index contributed by atoms with van der Waals surface area (Å²) in [4.78, 5) is 10.8. The third-order valence-electron chi connectivity index (χ3n) is 17.8. The molecular formula is C74H40N6S2. The van der Waals surface area contributed by atoms with Crippen LogP contribution in [0.25, 0.3) is 184 Å². The molecule has 0 aliphatic heterocycles. The van der Waals surface area contributed by atoms with Gasteiger partial charge in [0.25, 0.3) is 0 Å². The molecule has 0 atom stereocenters. The number of thiophene rings is 2. The predicted octanol–water partition coefficient (Wildman–Crippen LogP) is 20.4. The van der Waals surface area contributed by atoms with Crippen LogP contribution in [-0.4, -0.2) is 27.9 Å². The molecule has 0 aliphatic rings. The van der Waals surface area contributed by atoms with Crippen molar-refractivity contribution in [2.75, 3.05) is 0 Å². The Balaban J connectivity index is 0.808. The van der Waals surface area contributed by atoms with E-state index in [4.69, 9.17) is 9.97 Å². The lowest BCUT2D eigenvalue weighted by Crippen LogP contribution is -1.95. The summed E-state index contributed by atoms with van der Waals surface area (Å²) < 4.78 is 14.9. The van der Waals surface area contributed by atoms with Crippen molar-refractivity contribution in [2.24, 2.45) is 0 Å². The van der Waals surface area contributed by atoms with Gasteiger partial charge >= 0.3 is 0 Å². The highest BCUT2D eigenvalue weighted by atomic mass is 32.1. The Hall–Kier alpha value is -10.4. The predicted molar refractivity (Wildman–Crippen MR) is 347 cm³/mol. The third kappa shape index (κ3) is 5.57. The number of benzene rings is 10. The van der Waals surface area contributed by atoms with Gasteiger partial charge in [0.1, 0.15) is 11.3 Å². The van der Waals surface area contributed by atoms with Crippen LogP contribution >= 0.6 is 22.7 Å². The molecule has 10 heterocycles. The average molecular weight is 1080 g/mol. The Morgan fingerprint density at radius 2 is 0.829 bits per heavy atom. The molecular weight excluding hydrogens is 1040 g/mol. The Morgan fingerprint density at radius 3 is 1.56 bits per heavy atom. The zero-order chi connectivity index (χ0) is 53.1. The molecule has 0 fully saturated rings. The maximum absolute atomic E-state index is 5.59. The van der Waals surface area contributed by atoms with Crippen molar-refractivity contribution < 1.29 is 0 Å². The number of rotatable bonds is 5. The van der Waals surface area contributed by atoms with Crippen molar-refractivity contribution in [2.45, 2.75) is 0 Å². The minimum absolute atomic E-state index is 0.940. The molecule has 20 aromatic rings. The van der Waals surface area contributed by atoms with E-state index in [1.54, 1.807) is 0 Å². The fourth-order valence-corrected chi connectivity index (χ4v) is 16.8. The highest BCUT2D eigenvalue weighted by molar-refractivity contribution is 7.26. The molecule has 0 radical (unpaired) electrons. The summed E-state index contributed by atoms with van der Waals surface area (Å²) in [6.07, 6.45) is 0. The van der Waals surface area contributed by atoms with E-state index in [1.807, 2.05) is 22.7 Å². The van der Waals surface area contributed by atoms with Gasteiger partial charge in [0.05, 0.1) is 55.5 Å². The maximum Gasteiger partial charge on any atom is 0.138 e. The SMILES string of the molecule is c1ccc(-c2nc3cccc4c5cc(-n6c7ccccc7c7cc(-c8ccccc8-c8nc9cccc%10c%11cc(-n%12c%13ccccc%13c%13cc%14c(cc%13%12)sc%12ccccc%12%14)ccc%11c8n9%10)c8sc9ccccc9c8c76)ccc5c2n34)cc1. The molecule has 6 nitrogen and oxygen atoms in total. The van der Waals surface area contributed by atoms with Crippen molar-refractivity contribution in [3.8, 4) is 45.0 Å². The van der Waals surface area contributed by atoms with E-state index in [1.165, 1.54) is 111 Å². The van der Waals surface area contributed by atoms with Gasteiger partial charge in [-0.05, 0) is 96.6 Å². The quantitative estimate of drug-likeness (QED) is 0.172. The van der Waals surface area contributed by atoms with Crippen LogP contribution in [0.5, 0.6) is 0 Å². The Morgan fingerprint density at radius 1 is 0.280 bits per heavy atom. The lowest BCUT2D eigenvalue weighted by molar-refractivity contribution is 1.19. The molecule has 10 aromatic heterocycles. The standard InChI is InChI=1S/C74H40N6S2/c1-2-16-41(17-3-1)69-72-49-35-33-43(37-53(49)60-26-14-30-66(75-69)79(60)72)78-59-25-11-7-20-46(59)56-39-57(74-68(71(56)78)51-23-9-13-29-64(51)82-74)44-18-4-5-22-48(44)70-73-50-34-32-42(36-52(50)61-27-15-31-67(76-70)80(61)73)77-58-24-10-6-19-45(58)54-38-55-47-21-8-12-28-63(47)81-65(55)40-62(54)77/h1-40H. The van der Waals surface area contributed by atoms with E-state index >= 15 is 0 Å². The van der Waals surface area contributed by atoms with Crippen molar-refractivity contribution in [3.05, 3.63) is 243 Å². The zero-order valence-corrected chi connectivity index (χ0v) is 45.2. The molecule has 0 amide bonds. The lowest BCUT2D eigenvalue weighted by atomic mass is 9.93. The number of nitrogens with zero attached hydrogens (tertiary/aromatic N) is 6. The summed E-state index contributed by atoms with van der Waals surface area (Å²) in [5, 5.41) is 14.9. The van der Waals surface area contributed by atoms with Crippen LogP contribution < -0.4 is 0 Å². The first-order chi connectivity index (χ1) is 40.7. The van der Waals surface area contributed by atoms with E-state index < -0.39 is 0 Å². The summed E-state index contributed by atoms with van der Waals surface area (Å²) in [6, 6.07) is 89.8. The molecule has 0 N–H and O–H groups in total. The molecule has 0 saturated heterocycles. The van der Waals surface area contributed by atoms with Gasteiger partial charge in [-0.1, -0.05) is 152 Å².